The van der Waals surface area contributed by atoms with E-state index in [1.165, 1.54) is 5.56 Å². The van der Waals surface area contributed by atoms with Gasteiger partial charge in [0.1, 0.15) is 5.82 Å². The first-order valence-corrected chi connectivity index (χ1v) is 9.54. The van der Waals surface area contributed by atoms with Gasteiger partial charge in [0.25, 0.3) is 0 Å². The van der Waals surface area contributed by atoms with Crippen molar-refractivity contribution in [3.63, 3.8) is 0 Å². The van der Waals surface area contributed by atoms with Crippen LogP contribution < -0.4 is 20.1 Å². The average Bonchev–Trinajstić information content (AvgIpc) is 2.73. The number of benzene rings is 2. The fraction of sp³-hybridized carbons (Fsp3) is 0.364. The Hall–Kier alpha value is -3.02. The SMILES string of the molecule is COc1cc2nc(N3CCCC(C)(c4ccccc4)C3)nc(N)c2cc1OC. The van der Waals surface area contributed by atoms with Gasteiger partial charge in [-0.2, -0.15) is 4.98 Å². The lowest BCUT2D eigenvalue weighted by Gasteiger charge is -2.41. The summed E-state index contributed by atoms with van der Waals surface area (Å²) < 4.78 is 10.8. The number of hydrogen-bond donors (Lipinski definition) is 1. The molecule has 1 atom stereocenters. The molecule has 0 saturated carbocycles. The molecule has 146 valence electrons. The summed E-state index contributed by atoms with van der Waals surface area (Å²) in [4.78, 5) is 11.7. The second-order valence-corrected chi connectivity index (χ2v) is 7.58. The summed E-state index contributed by atoms with van der Waals surface area (Å²) in [6, 6.07) is 14.4. The lowest BCUT2D eigenvalue weighted by Crippen LogP contribution is -2.45. The van der Waals surface area contributed by atoms with Gasteiger partial charge >= 0.3 is 0 Å². The van der Waals surface area contributed by atoms with Crippen LogP contribution in [-0.2, 0) is 5.41 Å². The third-order valence-electron chi connectivity index (χ3n) is 5.67. The topological polar surface area (TPSA) is 73.5 Å². The lowest BCUT2D eigenvalue weighted by atomic mass is 9.76. The van der Waals surface area contributed by atoms with E-state index in [2.05, 4.69) is 47.1 Å². The highest BCUT2D eigenvalue weighted by atomic mass is 16.5. The molecule has 1 saturated heterocycles. The third kappa shape index (κ3) is 3.19. The minimum atomic E-state index is 0.0597. The van der Waals surface area contributed by atoms with Crippen molar-refractivity contribution < 1.29 is 9.47 Å². The summed E-state index contributed by atoms with van der Waals surface area (Å²) in [6.45, 7) is 4.09. The Morgan fingerprint density at radius 3 is 2.46 bits per heavy atom. The first-order chi connectivity index (χ1) is 13.5. The molecule has 1 unspecified atom stereocenters. The van der Waals surface area contributed by atoms with Gasteiger partial charge in [-0.1, -0.05) is 37.3 Å². The first-order valence-electron chi connectivity index (χ1n) is 9.54. The highest BCUT2D eigenvalue weighted by Gasteiger charge is 2.33. The maximum atomic E-state index is 6.28. The Bertz CT molecular complexity index is 993. The number of nitrogen functional groups attached to an aromatic ring is 1. The van der Waals surface area contributed by atoms with E-state index in [4.69, 9.17) is 20.2 Å². The van der Waals surface area contributed by atoms with E-state index in [9.17, 15) is 0 Å². The number of piperidine rings is 1. The zero-order valence-electron chi connectivity index (χ0n) is 16.6. The highest BCUT2D eigenvalue weighted by molar-refractivity contribution is 5.91. The quantitative estimate of drug-likeness (QED) is 0.745. The number of aromatic nitrogens is 2. The second kappa shape index (κ2) is 7.19. The standard InChI is InChI=1S/C22H26N4O2/c1-22(15-8-5-4-6-9-15)10-7-11-26(14-22)21-24-17-13-19(28-3)18(27-2)12-16(17)20(23)25-21/h4-6,8-9,12-13H,7,10-11,14H2,1-3H3,(H2,23,24,25). The number of fused-ring (bicyclic) bond motifs is 1. The van der Waals surface area contributed by atoms with Crippen molar-refractivity contribution in [2.45, 2.75) is 25.2 Å². The van der Waals surface area contributed by atoms with Gasteiger partial charge < -0.3 is 20.1 Å². The van der Waals surface area contributed by atoms with Gasteiger partial charge in [-0.15, -0.1) is 0 Å². The van der Waals surface area contributed by atoms with Crippen LogP contribution in [0.1, 0.15) is 25.3 Å². The molecule has 6 heteroatoms. The normalized spacial score (nSPS) is 19.6. The molecule has 2 aromatic carbocycles. The monoisotopic (exact) mass is 378 g/mol. The number of nitrogens with two attached hydrogens (primary N) is 1. The summed E-state index contributed by atoms with van der Waals surface area (Å²) >= 11 is 0. The molecule has 1 aliphatic rings. The predicted octanol–water partition coefficient (Wildman–Crippen LogP) is 3.79. The second-order valence-electron chi connectivity index (χ2n) is 7.58. The van der Waals surface area contributed by atoms with Crippen molar-refractivity contribution in [1.82, 2.24) is 9.97 Å². The Balaban J connectivity index is 1.72. The molecule has 28 heavy (non-hydrogen) atoms. The van der Waals surface area contributed by atoms with E-state index in [0.717, 1.165) is 36.8 Å². The Morgan fingerprint density at radius 2 is 1.75 bits per heavy atom. The summed E-state index contributed by atoms with van der Waals surface area (Å²) in [5.74, 6) is 2.37. The minimum Gasteiger partial charge on any atom is -0.493 e. The molecular weight excluding hydrogens is 352 g/mol. The molecule has 0 spiro atoms. The maximum Gasteiger partial charge on any atom is 0.227 e. The number of nitrogens with zero attached hydrogens (tertiary/aromatic N) is 3. The van der Waals surface area contributed by atoms with Gasteiger partial charge in [-0.25, -0.2) is 4.98 Å². The molecule has 4 rings (SSSR count). The molecule has 6 nitrogen and oxygen atoms in total. The Kier molecular flexibility index (Phi) is 4.71. The smallest absolute Gasteiger partial charge is 0.227 e. The van der Waals surface area contributed by atoms with Crippen LogP contribution in [0.25, 0.3) is 10.9 Å². The van der Waals surface area contributed by atoms with Crippen LogP contribution >= 0.6 is 0 Å². The van der Waals surface area contributed by atoms with Crippen LogP contribution in [0.3, 0.4) is 0 Å². The summed E-state index contributed by atoms with van der Waals surface area (Å²) in [6.07, 6.45) is 2.22. The number of anilines is 2. The largest absolute Gasteiger partial charge is 0.493 e. The summed E-state index contributed by atoms with van der Waals surface area (Å²) in [5, 5.41) is 0.768. The molecule has 0 radical (unpaired) electrons. The van der Waals surface area contributed by atoms with Crippen LogP contribution in [0.4, 0.5) is 11.8 Å². The van der Waals surface area contributed by atoms with E-state index in [-0.39, 0.29) is 5.41 Å². The summed E-state index contributed by atoms with van der Waals surface area (Å²) in [5.41, 5.74) is 8.45. The molecule has 2 heterocycles. The molecule has 1 fully saturated rings. The van der Waals surface area contributed by atoms with Gasteiger partial charge in [0.2, 0.25) is 5.95 Å². The number of hydrogen-bond acceptors (Lipinski definition) is 6. The van der Waals surface area contributed by atoms with Crippen LogP contribution in [-0.4, -0.2) is 37.3 Å². The zero-order chi connectivity index (χ0) is 19.7. The molecule has 1 aromatic heterocycles. The fourth-order valence-corrected chi connectivity index (χ4v) is 4.09. The molecule has 3 aromatic rings. The Morgan fingerprint density at radius 1 is 1.04 bits per heavy atom. The maximum absolute atomic E-state index is 6.28. The fourth-order valence-electron chi connectivity index (χ4n) is 4.09. The van der Waals surface area contributed by atoms with Crippen molar-refractivity contribution in [2.24, 2.45) is 0 Å². The number of ether oxygens (including phenoxy) is 2. The molecule has 1 aliphatic heterocycles. The van der Waals surface area contributed by atoms with E-state index in [1.807, 2.05) is 12.1 Å². The molecule has 2 N–H and O–H groups in total. The van der Waals surface area contributed by atoms with E-state index < -0.39 is 0 Å². The van der Waals surface area contributed by atoms with Crippen molar-refractivity contribution in [3.05, 3.63) is 48.0 Å². The van der Waals surface area contributed by atoms with Crippen LogP contribution in [0.2, 0.25) is 0 Å². The Labute approximate surface area is 165 Å². The highest BCUT2D eigenvalue weighted by Crippen LogP contribution is 2.37. The molecular formula is C22H26N4O2. The van der Waals surface area contributed by atoms with Gasteiger partial charge in [0.05, 0.1) is 19.7 Å². The lowest BCUT2D eigenvalue weighted by molar-refractivity contribution is 0.355. The van der Waals surface area contributed by atoms with Gasteiger partial charge in [0, 0.05) is 30.0 Å². The predicted molar refractivity (Wildman–Crippen MR) is 112 cm³/mol. The first kappa shape index (κ1) is 18.3. The van der Waals surface area contributed by atoms with E-state index >= 15 is 0 Å². The number of rotatable bonds is 4. The van der Waals surface area contributed by atoms with Gasteiger partial charge in [-0.3, -0.25) is 0 Å². The van der Waals surface area contributed by atoms with Crippen molar-refractivity contribution in [2.75, 3.05) is 37.9 Å². The average molecular weight is 378 g/mol. The van der Waals surface area contributed by atoms with E-state index in [1.54, 1.807) is 14.2 Å². The van der Waals surface area contributed by atoms with Gasteiger partial charge in [-0.05, 0) is 24.5 Å². The zero-order valence-corrected chi connectivity index (χ0v) is 16.6. The van der Waals surface area contributed by atoms with Crippen molar-refractivity contribution in [3.8, 4) is 11.5 Å². The minimum absolute atomic E-state index is 0.0597. The van der Waals surface area contributed by atoms with Gasteiger partial charge in [0.15, 0.2) is 11.5 Å². The van der Waals surface area contributed by atoms with Crippen molar-refractivity contribution >= 4 is 22.7 Å². The third-order valence-corrected chi connectivity index (χ3v) is 5.67. The molecule has 0 bridgehead atoms. The van der Waals surface area contributed by atoms with Crippen LogP contribution in [0, 0.1) is 0 Å². The van der Waals surface area contributed by atoms with E-state index in [0.29, 0.717) is 23.3 Å². The number of methoxy groups -OCH3 is 2. The van der Waals surface area contributed by atoms with Crippen LogP contribution in [0.5, 0.6) is 11.5 Å². The van der Waals surface area contributed by atoms with Crippen molar-refractivity contribution in [1.29, 1.82) is 0 Å². The molecule has 0 amide bonds. The molecule has 0 aliphatic carbocycles. The van der Waals surface area contributed by atoms with Crippen LogP contribution in [0.15, 0.2) is 42.5 Å². The summed E-state index contributed by atoms with van der Waals surface area (Å²) in [7, 11) is 3.22.